The van der Waals surface area contributed by atoms with Crippen molar-refractivity contribution in [3.8, 4) is 0 Å². The molecule has 0 atom stereocenters. The van der Waals surface area contributed by atoms with Crippen molar-refractivity contribution in [1.29, 1.82) is 0 Å². The molecule has 0 aliphatic rings. The normalized spacial score (nSPS) is 11.2. The fourth-order valence-electron chi connectivity index (χ4n) is 1.75. The standard InChI is InChI=1S/C17H14Cl2N2O/c1-12(22)21-16-8-6-15(7-9-16)20-10-2-3-13-4-5-14(18)11-17(13)19/h2-11H,1H3,(H,21,22)/b3-2-,20-10?. The van der Waals surface area contributed by atoms with E-state index in [2.05, 4.69) is 10.3 Å². The summed E-state index contributed by atoms with van der Waals surface area (Å²) in [7, 11) is 0. The lowest BCUT2D eigenvalue weighted by molar-refractivity contribution is -0.114. The predicted octanol–water partition coefficient (Wildman–Crippen LogP) is 5.37. The van der Waals surface area contributed by atoms with Crippen LogP contribution >= 0.6 is 23.2 Å². The lowest BCUT2D eigenvalue weighted by Gasteiger charge is -2.01. The molecule has 1 N–H and O–H groups in total. The average molecular weight is 333 g/mol. The summed E-state index contributed by atoms with van der Waals surface area (Å²) in [6.45, 7) is 1.47. The van der Waals surface area contributed by atoms with Crippen molar-refractivity contribution in [1.82, 2.24) is 0 Å². The number of nitrogens with one attached hydrogen (secondary N) is 1. The van der Waals surface area contributed by atoms with E-state index in [-0.39, 0.29) is 5.91 Å². The van der Waals surface area contributed by atoms with Crippen molar-refractivity contribution in [2.45, 2.75) is 6.92 Å². The Morgan fingerprint density at radius 1 is 1.14 bits per heavy atom. The van der Waals surface area contributed by atoms with E-state index in [0.29, 0.717) is 10.0 Å². The maximum Gasteiger partial charge on any atom is 0.221 e. The van der Waals surface area contributed by atoms with E-state index in [0.717, 1.165) is 16.9 Å². The van der Waals surface area contributed by atoms with E-state index in [1.807, 2.05) is 24.3 Å². The fourth-order valence-corrected chi connectivity index (χ4v) is 2.22. The van der Waals surface area contributed by atoms with Crippen LogP contribution in [0.5, 0.6) is 0 Å². The minimum Gasteiger partial charge on any atom is -0.326 e. The number of halogens is 2. The molecule has 2 rings (SSSR count). The molecule has 0 radical (unpaired) electrons. The van der Waals surface area contributed by atoms with Gasteiger partial charge in [0.25, 0.3) is 0 Å². The van der Waals surface area contributed by atoms with Gasteiger partial charge in [0, 0.05) is 28.9 Å². The van der Waals surface area contributed by atoms with Crippen LogP contribution < -0.4 is 5.32 Å². The molecule has 112 valence electrons. The molecule has 0 aliphatic carbocycles. The van der Waals surface area contributed by atoms with Crippen LogP contribution in [0.25, 0.3) is 6.08 Å². The Bertz CT molecular complexity index is 722. The predicted molar refractivity (Wildman–Crippen MR) is 94.4 cm³/mol. The molecule has 1 amide bonds. The zero-order chi connectivity index (χ0) is 15.9. The Labute approximate surface area is 139 Å². The highest BCUT2D eigenvalue weighted by Crippen LogP contribution is 2.22. The van der Waals surface area contributed by atoms with Gasteiger partial charge in [0.15, 0.2) is 0 Å². The van der Waals surface area contributed by atoms with Gasteiger partial charge in [-0.25, -0.2) is 0 Å². The number of amides is 1. The Morgan fingerprint density at radius 2 is 1.86 bits per heavy atom. The highest BCUT2D eigenvalue weighted by atomic mass is 35.5. The number of nitrogens with zero attached hydrogens (tertiary/aromatic N) is 1. The number of benzene rings is 2. The summed E-state index contributed by atoms with van der Waals surface area (Å²) in [6.07, 6.45) is 5.34. The van der Waals surface area contributed by atoms with Crippen LogP contribution in [-0.2, 0) is 4.79 Å². The number of anilines is 1. The molecule has 2 aromatic carbocycles. The summed E-state index contributed by atoms with van der Waals surface area (Å²) in [4.78, 5) is 15.2. The summed E-state index contributed by atoms with van der Waals surface area (Å²) in [5.41, 5.74) is 2.41. The first-order valence-corrected chi connectivity index (χ1v) is 7.33. The number of hydrogen-bond acceptors (Lipinski definition) is 2. The molecule has 22 heavy (non-hydrogen) atoms. The maximum atomic E-state index is 10.9. The number of rotatable bonds is 4. The van der Waals surface area contributed by atoms with Crippen molar-refractivity contribution in [3.63, 3.8) is 0 Å². The Kier molecular flexibility index (Phi) is 5.75. The molecule has 0 saturated carbocycles. The van der Waals surface area contributed by atoms with Crippen LogP contribution in [0.1, 0.15) is 12.5 Å². The monoisotopic (exact) mass is 332 g/mol. The zero-order valence-corrected chi connectivity index (χ0v) is 13.4. The van der Waals surface area contributed by atoms with E-state index < -0.39 is 0 Å². The van der Waals surface area contributed by atoms with Gasteiger partial charge in [0.2, 0.25) is 5.91 Å². The summed E-state index contributed by atoms with van der Waals surface area (Å²) < 4.78 is 0. The van der Waals surface area contributed by atoms with Crippen molar-refractivity contribution in [2.24, 2.45) is 4.99 Å². The first-order chi connectivity index (χ1) is 10.5. The van der Waals surface area contributed by atoms with Gasteiger partial charge in [-0.1, -0.05) is 35.3 Å². The van der Waals surface area contributed by atoms with Crippen LogP contribution in [0.2, 0.25) is 10.0 Å². The minimum atomic E-state index is -0.0981. The lowest BCUT2D eigenvalue weighted by atomic mass is 10.2. The number of carbonyl (C=O) groups is 1. The first-order valence-electron chi connectivity index (χ1n) is 6.58. The SMILES string of the molecule is CC(=O)Nc1ccc(N=C/C=C\c2ccc(Cl)cc2Cl)cc1. The third-order valence-corrected chi connectivity index (χ3v) is 3.30. The smallest absolute Gasteiger partial charge is 0.221 e. The number of aliphatic imine (C=N–C) groups is 1. The number of hydrogen-bond donors (Lipinski definition) is 1. The van der Waals surface area contributed by atoms with E-state index >= 15 is 0 Å². The first kappa shape index (κ1) is 16.3. The number of carbonyl (C=O) groups excluding carboxylic acids is 1. The topological polar surface area (TPSA) is 41.5 Å². The van der Waals surface area contributed by atoms with Crippen LogP contribution in [0.4, 0.5) is 11.4 Å². The second kappa shape index (κ2) is 7.78. The van der Waals surface area contributed by atoms with E-state index in [1.54, 1.807) is 36.6 Å². The third kappa shape index (κ3) is 5.02. The highest BCUT2D eigenvalue weighted by molar-refractivity contribution is 6.35. The van der Waals surface area contributed by atoms with Crippen molar-refractivity contribution in [3.05, 3.63) is 64.1 Å². The molecule has 0 bridgehead atoms. The lowest BCUT2D eigenvalue weighted by Crippen LogP contribution is -2.04. The van der Waals surface area contributed by atoms with E-state index in [1.165, 1.54) is 6.92 Å². The zero-order valence-electron chi connectivity index (χ0n) is 11.9. The van der Waals surface area contributed by atoms with E-state index in [9.17, 15) is 4.79 Å². The molecular formula is C17H14Cl2N2O. The van der Waals surface area contributed by atoms with Crippen LogP contribution in [0, 0.1) is 0 Å². The minimum absolute atomic E-state index is 0.0981. The van der Waals surface area contributed by atoms with Crippen LogP contribution in [0.15, 0.2) is 53.5 Å². The second-order valence-corrected chi connectivity index (χ2v) is 5.37. The molecule has 0 aliphatic heterocycles. The molecule has 0 fully saturated rings. The van der Waals surface area contributed by atoms with Gasteiger partial charge in [-0.2, -0.15) is 0 Å². The van der Waals surface area contributed by atoms with E-state index in [4.69, 9.17) is 23.2 Å². The summed E-state index contributed by atoms with van der Waals surface area (Å²) in [5.74, 6) is -0.0981. The van der Waals surface area contributed by atoms with Gasteiger partial charge in [-0.05, 0) is 48.0 Å². The quantitative estimate of drug-likeness (QED) is 0.751. The second-order valence-electron chi connectivity index (χ2n) is 4.53. The van der Waals surface area contributed by atoms with Crippen LogP contribution in [0.3, 0.4) is 0 Å². The van der Waals surface area contributed by atoms with Gasteiger partial charge in [0.05, 0.1) is 5.69 Å². The summed E-state index contributed by atoms with van der Waals surface area (Å²) in [5, 5.41) is 3.90. The highest BCUT2D eigenvalue weighted by Gasteiger charge is 1.96. The van der Waals surface area contributed by atoms with Gasteiger partial charge in [-0.15, -0.1) is 0 Å². The Morgan fingerprint density at radius 3 is 2.50 bits per heavy atom. The Hall–Kier alpha value is -2.10. The largest absolute Gasteiger partial charge is 0.326 e. The maximum absolute atomic E-state index is 10.9. The summed E-state index contributed by atoms with van der Waals surface area (Å²) in [6, 6.07) is 12.6. The molecule has 0 aromatic heterocycles. The molecule has 0 unspecified atom stereocenters. The van der Waals surface area contributed by atoms with Crippen molar-refractivity contribution in [2.75, 3.05) is 5.32 Å². The summed E-state index contributed by atoms with van der Waals surface area (Å²) >= 11 is 11.9. The van der Waals surface area contributed by atoms with Crippen molar-refractivity contribution >= 4 is 52.8 Å². The van der Waals surface area contributed by atoms with Gasteiger partial charge in [-0.3, -0.25) is 9.79 Å². The Balaban J connectivity index is 1.99. The average Bonchev–Trinajstić information content (AvgIpc) is 2.46. The molecule has 0 heterocycles. The molecule has 0 spiro atoms. The molecule has 0 saturated heterocycles. The van der Waals surface area contributed by atoms with Gasteiger partial charge >= 0.3 is 0 Å². The molecule has 3 nitrogen and oxygen atoms in total. The van der Waals surface area contributed by atoms with Gasteiger partial charge < -0.3 is 5.32 Å². The third-order valence-electron chi connectivity index (χ3n) is 2.74. The van der Waals surface area contributed by atoms with Crippen LogP contribution in [-0.4, -0.2) is 12.1 Å². The number of allylic oxidation sites excluding steroid dienone is 1. The van der Waals surface area contributed by atoms with Gasteiger partial charge in [0.1, 0.15) is 0 Å². The molecule has 2 aromatic rings. The molecule has 5 heteroatoms. The fraction of sp³-hybridized carbons (Fsp3) is 0.0588. The van der Waals surface area contributed by atoms with Crippen molar-refractivity contribution < 1.29 is 4.79 Å². The molecular weight excluding hydrogens is 319 g/mol.